The van der Waals surface area contributed by atoms with Crippen molar-refractivity contribution in [3.8, 4) is 6.07 Å². The number of hydrogen-bond acceptors (Lipinski definition) is 2. The molecule has 0 saturated carbocycles. The molecule has 1 N–H and O–H groups in total. The summed E-state index contributed by atoms with van der Waals surface area (Å²) < 4.78 is 0. The number of aliphatic hydroxyl groups is 1. The van der Waals surface area contributed by atoms with Crippen molar-refractivity contribution in [2.45, 2.75) is 12.8 Å². The van der Waals surface area contributed by atoms with Crippen LogP contribution in [0.1, 0.15) is 22.6 Å². The van der Waals surface area contributed by atoms with E-state index in [1.54, 1.807) is 6.07 Å². The van der Waals surface area contributed by atoms with Crippen LogP contribution in [-0.2, 0) is 0 Å². The molecule has 0 aromatic heterocycles. The fourth-order valence-electron chi connectivity index (χ4n) is 1.22. The second-order valence-electron chi connectivity index (χ2n) is 3.12. The standard InChI is InChI=1S/C11H12NO/c1-8-3-10(6-12)5-11(4-8)9(2)7-13/h3-5,9,13H,2,7H2,1H3. The Kier molecular flexibility index (Phi) is 3.05. The molecule has 1 atom stereocenters. The fraction of sp³-hybridized carbons (Fsp3) is 0.273. The average molecular weight is 174 g/mol. The fourth-order valence-corrected chi connectivity index (χ4v) is 1.22. The Hall–Kier alpha value is -1.33. The van der Waals surface area contributed by atoms with Crippen molar-refractivity contribution in [3.05, 3.63) is 41.8 Å². The van der Waals surface area contributed by atoms with Gasteiger partial charge in [0.25, 0.3) is 0 Å². The molecule has 0 heterocycles. The second kappa shape index (κ2) is 4.06. The second-order valence-corrected chi connectivity index (χ2v) is 3.12. The summed E-state index contributed by atoms with van der Waals surface area (Å²) in [5, 5.41) is 17.6. The first kappa shape index (κ1) is 9.76. The molecule has 1 unspecified atom stereocenters. The topological polar surface area (TPSA) is 44.0 Å². The molecule has 0 fully saturated rings. The first-order chi connectivity index (χ1) is 6.17. The normalized spacial score (nSPS) is 12.2. The minimum Gasteiger partial charge on any atom is -0.396 e. The average Bonchev–Trinajstić information content (AvgIpc) is 2.15. The van der Waals surface area contributed by atoms with Crippen molar-refractivity contribution in [3.63, 3.8) is 0 Å². The van der Waals surface area contributed by atoms with Gasteiger partial charge in [-0.2, -0.15) is 5.26 Å². The largest absolute Gasteiger partial charge is 0.396 e. The number of aliphatic hydroxyl groups excluding tert-OH is 1. The van der Waals surface area contributed by atoms with Crippen LogP contribution in [0.2, 0.25) is 0 Å². The highest BCUT2D eigenvalue weighted by molar-refractivity contribution is 5.38. The summed E-state index contributed by atoms with van der Waals surface area (Å²) in [5.74, 6) is -0.146. The van der Waals surface area contributed by atoms with Crippen LogP contribution in [-0.4, -0.2) is 11.7 Å². The SMILES string of the molecule is [CH2]C(CO)c1cc(C)cc(C#N)c1. The van der Waals surface area contributed by atoms with Crippen molar-refractivity contribution < 1.29 is 5.11 Å². The third-order valence-electron chi connectivity index (χ3n) is 1.92. The van der Waals surface area contributed by atoms with E-state index in [1.807, 2.05) is 19.1 Å². The van der Waals surface area contributed by atoms with E-state index in [1.165, 1.54) is 0 Å². The lowest BCUT2D eigenvalue weighted by Crippen LogP contribution is -2.00. The Morgan fingerprint density at radius 2 is 2.23 bits per heavy atom. The van der Waals surface area contributed by atoms with Crippen LogP contribution in [0.4, 0.5) is 0 Å². The van der Waals surface area contributed by atoms with Gasteiger partial charge in [0.1, 0.15) is 0 Å². The first-order valence-corrected chi connectivity index (χ1v) is 4.13. The summed E-state index contributed by atoms with van der Waals surface area (Å²) in [6.07, 6.45) is 0. The van der Waals surface area contributed by atoms with Crippen LogP contribution in [0.15, 0.2) is 18.2 Å². The maximum atomic E-state index is 8.90. The smallest absolute Gasteiger partial charge is 0.0991 e. The van der Waals surface area contributed by atoms with Gasteiger partial charge in [-0.15, -0.1) is 0 Å². The predicted octanol–water partition coefficient (Wildman–Crippen LogP) is 1.78. The van der Waals surface area contributed by atoms with Gasteiger partial charge in [-0.1, -0.05) is 6.07 Å². The van der Waals surface area contributed by atoms with E-state index in [4.69, 9.17) is 10.4 Å². The molecular formula is C11H12NO. The molecule has 1 aromatic rings. The highest BCUT2D eigenvalue weighted by atomic mass is 16.3. The van der Waals surface area contributed by atoms with Gasteiger partial charge < -0.3 is 5.11 Å². The molecule has 67 valence electrons. The van der Waals surface area contributed by atoms with E-state index >= 15 is 0 Å². The summed E-state index contributed by atoms with van der Waals surface area (Å²) in [4.78, 5) is 0. The van der Waals surface area contributed by atoms with Gasteiger partial charge in [0.15, 0.2) is 0 Å². The zero-order valence-electron chi connectivity index (χ0n) is 7.62. The van der Waals surface area contributed by atoms with Crippen LogP contribution in [0.5, 0.6) is 0 Å². The molecule has 1 aromatic carbocycles. The van der Waals surface area contributed by atoms with Gasteiger partial charge >= 0.3 is 0 Å². The van der Waals surface area contributed by atoms with Crippen LogP contribution < -0.4 is 0 Å². The molecule has 0 aliphatic rings. The lowest BCUT2D eigenvalue weighted by atomic mass is 9.98. The Balaban J connectivity index is 3.10. The molecule has 0 bridgehead atoms. The van der Waals surface area contributed by atoms with Crippen LogP contribution >= 0.6 is 0 Å². The number of benzene rings is 1. The highest BCUT2D eigenvalue weighted by Crippen LogP contribution is 2.17. The molecule has 2 heteroatoms. The predicted molar refractivity (Wildman–Crippen MR) is 51.1 cm³/mol. The molecule has 2 nitrogen and oxygen atoms in total. The van der Waals surface area contributed by atoms with Gasteiger partial charge in [-0.25, -0.2) is 0 Å². The van der Waals surface area contributed by atoms with E-state index < -0.39 is 0 Å². The number of nitriles is 1. The number of aryl methyl sites for hydroxylation is 1. The molecule has 1 rings (SSSR count). The Labute approximate surface area is 78.4 Å². The summed E-state index contributed by atoms with van der Waals surface area (Å²) in [6, 6.07) is 7.59. The van der Waals surface area contributed by atoms with Crippen molar-refractivity contribution in [1.29, 1.82) is 5.26 Å². The molecule has 13 heavy (non-hydrogen) atoms. The van der Waals surface area contributed by atoms with Gasteiger partial charge in [0.05, 0.1) is 11.6 Å². The van der Waals surface area contributed by atoms with E-state index in [9.17, 15) is 0 Å². The van der Waals surface area contributed by atoms with Crippen molar-refractivity contribution in [2.24, 2.45) is 0 Å². The maximum absolute atomic E-state index is 8.90. The van der Waals surface area contributed by atoms with Crippen LogP contribution in [0.25, 0.3) is 0 Å². The molecule has 1 radical (unpaired) electrons. The zero-order chi connectivity index (χ0) is 9.84. The van der Waals surface area contributed by atoms with Crippen LogP contribution in [0, 0.1) is 25.2 Å². The van der Waals surface area contributed by atoms with Crippen molar-refractivity contribution in [1.82, 2.24) is 0 Å². The minimum atomic E-state index is -0.146. The zero-order valence-corrected chi connectivity index (χ0v) is 7.62. The van der Waals surface area contributed by atoms with E-state index in [0.717, 1.165) is 11.1 Å². The molecule has 0 saturated heterocycles. The minimum absolute atomic E-state index is 0.00826. The third-order valence-corrected chi connectivity index (χ3v) is 1.92. The summed E-state index contributed by atoms with van der Waals surface area (Å²) >= 11 is 0. The van der Waals surface area contributed by atoms with Gasteiger partial charge in [-0.3, -0.25) is 0 Å². The van der Waals surface area contributed by atoms with Crippen molar-refractivity contribution >= 4 is 0 Å². The van der Waals surface area contributed by atoms with E-state index in [0.29, 0.717) is 5.56 Å². The number of nitrogens with zero attached hydrogens (tertiary/aromatic N) is 1. The lowest BCUT2D eigenvalue weighted by Gasteiger charge is -2.09. The molecule has 0 aliphatic carbocycles. The third kappa shape index (κ3) is 2.30. The highest BCUT2D eigenvalue weighted by Gasteiger charge is 2.05. The lowest BCUT2D eigenvalue weighted by molar-refractivity contribution is 0.282. The molecule has 0 amide bonds. The monoisotopic (exact) mass is 174 g/mol. The summed E-state index contributed by atoms with van der Waals surface area (Å²) in [7, 11) is 0. The quantitative estimate of drug-likeness (QED) is 0.742. The number of hydrogen-bond donors (Lipinski definition) is 1. The number of rotatable bonds is 2. The Morgan fingerprint density at radius 1 is 1.54 bits per heavy atom. The molecular weight excluding hydrogens is 162 g/mol. The maximum Gasteiger partial charge on any atom is 0.0991 e. The first-order valence-electron chi connectivity index (χ1n) is 4.13. The van der Waals surface area contributed by atoms with Gasteiger partial charge in [-0.05, 0) is 37.1 Å². The van der Waals surface area contributed by atoms with Crippen molar-refractivity contribution in [2.75, 3.05) is 6.61 Å². The summed E-state index contributed by atoms with van der Waals surface area (Å²) in [6.45, 7) is 5.72. The van der Waals surface area contributed by atoms with E-state index in [-0.39, 0.29) is 12.5 Å². The van der Waals surface area contributed by atoms with E-state index in [2.05, 4.69) is 13.0 Å². The molecule has 0 spiro atoms. The summed E-state index contributed by atoms with van der Waals surface area (Å²) in [5.41, 5.74) is 2.56. The van der Waals surface area contributed by atoms with Crippen LogP contribution in [0.3, 0.4) is 0 Å². The van der Waals surface area contributed by atoms with Gasteiger partial charge in [0.2, 0.25) is 0 Å². The van der Waals surface area contributed by atoms with Gasteiger partial charge in [0, 0.05) is 12.5 Å². The Morgan fingerprint density at radius 3 is 2.77 bits per heavy atom. The Bertz CT molecular complexity index is 338. The molecule has 0 aliphatic heterocycles.